The number of amidine groups is 1. The first kappa shape index (κ1) is 30.7. The van der Waals surface area contributed by atoms with Gasteiger partial charge < -0.3 is 14.5 Å². The highest BCUT2D eigenvalue weighted by atomic mass is 35.5. The average Bonchev–Trinajstić information content (AvgIpc) is 2.92. The Bertz CT molecular complexity index is 1710. The van der Waals surface area contributed by atoms with Crippen molar-refractivity contribution in [1.29, 1.82) is 0 Å². The molecule has 43 heavy (non-hydrogen) atoms. The third-order valence-corrected chi connectivity index (χ3v) is 8.80. The van der Waals surface area contributed by atoms with Gasteiger partial charge in [-0.1, -0.05) is 55.8 Å². The largest absolute Gasteiger partial charge is 0.444 e. The highest BCUT2D eigenvalue weighted by Crippen LogP contribution is 2.43. The number of hydrogen-bond donors (Lipinski definition) is 0. The van der Waals surface area contributed by atoms with Crippen molar-refractivity contribution >= 4 is 45.2 Å². The first-order valence-corrected chi connectivity index (χ1v) is 15.9. The summed E-state index contributed by atoms with van der Waals surface area (Å²) in [6.45, 7) is 12.1. The van der Waals surface area contributed by atoms with E-state index in [0.717, 1.165) is 9.87 Å². The molecule has 0 unspecified atom stereocenters. The number of benzene rings is 2. The fraction of sp³-hybridized carbons (Fsp3) is 0.387. The number of rotatable bonds is 3. The summed E-state index contributed by atoms with van der Waals surface area (Å²) in [4.78, 5) is 20.9. The molecule has 9 nitrogen and oxygen atoms in total. The van der Waals surface area contributed by atoms with E-state index in [2.05, 4.69) is 4.40 Å². The number of piperazine rings is 1. The topological polar surface area (TPSA) is 95.4 Å². The second-order valence-corrected chi connectivity index (χ2v) is 13.9. The van der Waals surface area contributed by atoms with Crippen molar-refractivity contribution in [2.24, 2.45) is 4.40 Å². The summed E-state index contributed by atoms with van der Waals surface area (Å²) in [7, 11) is -4.37. The van der Waals surface area contributed by atoms with Crippen LogP contribution in [0.4, 0.5) is 20.7 Å². The number of ether oxygens (including phenoxy) is 1. The fourth-order valence-electron chi connectivity index (χ4n) is 5.32. The minimum atomic E-state index is -4.37. The summed E-state index contributed by atoms with van der Waals surface area (Å²) >= 11 is 6.74. The highest BCUT2D eigenvalue weighted by molar-refractivity contribution is 7.92. The Labute approximate surface area is 257 Å². The molecule has 3 aromatic rings. The molecule has 0 bridgehead atoms. The lowest BCUT2D eigenvalue weighted by molar-refractivity contribution is 0.0134. The standard InChI is InChI=1S/C31H35ClFN5O4S/c1-19(2)21-11-8-10-14-26(21)38-28-23(17-24(32)27(34-28)22-12-7-9-13-25(22)33)29(35-43(38,40)41)37-16-15-36(18-20(37)3)30(39)42-31(4,5)6/h7-14,17,19-20H,15-16,18H2,1-6H3/t20-/m0/s1. The number of fused-ring (bicyclic) bond motifs is 1. The maximum Gasteiger partial charge on any atom is 0.410 e. The molecule has 5 rings (SSSR count). The first-order valence-electron chi connectivity index (χ1n) is 14.1. The Morgan fingerprint density at radius 3 is 2.40 bits per heavy atom. The molecule has 3 heterocycles. The number of halogens is 2. The number of pyridine rings is 1. The molecule has 1 atom stereocenters. The fourth-order valence-corrected chi connectivity index (χ4v) is 6.85. The summed E-state index contributed by atoms with van der Waals surface area (Å²) in [6, 6.07) is 14.5. The van der Waals surface area contributed by atoms with Crippen LogP contribution < -0.4 is 4.31 Å². The Morgan fingerprint density at radius 1 is 1.07 bits per heavy atom. The van der Waals surface area contributed by atoms with Gasteiger partial charge in [0.25, 0.3) is 0 Å². The van der Waals surface area contributed by atoms with Crippen LogP contribution in [0, 0.1) is 5.82 Å². The lowest BCUT2D eigenvalue weighted by atomic mass is 10.0. The predicted molar refractivity (Wildman–Crippen MR) is 167 cm³/mol. The lowest BCUT2D eigenvalue weighted by Gasteiger charge is -2.43. The maximum atomic E-state index is 14.9. The Kier molecular flexibility index (Phi) is 8.17. The lowest BCUT2D eigenvalue weighted by Crippen LogP contribution is -2.57. The summed E-state index contributed by atoms with van der Waals surface area (Å²) < 4.78 is 54.1. The smallest absolute Gasteiger partial charge is 0.410 e. The molecule has 1 fully saturated rings. The van der Waals surface area contributed by atoms with E-state index < -0.39 is 27.7 Å². The van der Waals surface area contributed by atoms with Crippen molar-refractivity contribution in [1.82, 2.24) is 14.8 Å². The molecule has 2 aromatic carbocycles. The van der Waals surface area contributed by atoms with Crippen LogP contribution in [0.5, 0.6) is 0 Å². The molecule has 12 heteroatoms. The number of para-hydroxylation sites is 1. The Balaban J connectivity index is 1.65. The molecule has 2 aliphatic heterocycles. The second-order valence-electron chi connectivity index (χ2n) is 12.0. The van der Waals surface area contributed by atoms with Gasteiger partial charge in [0.15, 0.2) is 11.7 Å². The molecule has 1 aromatic heterocycles. The number of hydrogen-bond acceptors (Lipinski definition) is 6. The quantitative estimate of drug-likeness (QED) is 0.319. The number of amides is 1. The zero-order chi connectivity index (χ0) is 31.3. The van der Waals surface area contributed by atoms with Crippen LogP contribution in [0.2, 0.25) is 5.02 Å². The van der Waals surface area contributed by atoms with E-state index in [9.17, 15) is 17.6 Å². The average molecular weight is 628 g/mol. The van der Waals surface area contributed by atoms with E-state index in [1.807, 2.05) is 37.8 Å². The van der Waals surface area contributed by atoms with Gasteiger partial charge in [-0.25, -0.2) is 18.5 Å². The molecule has 2 aliphatic rings. The number of aromatic nitrogens is 1. The van der Waals surface area contributed by atoms with Crippen LogP contribution in [-0.4, -0.2) is 66.4 Å². The minimum Gasteiger partial charge on any atom is -0.444 e. The van der Waals surface area contributed by atoms with Crippen LogP contribution in [-0.2, 0) is 14.9 Å². The number of nitrogens with zero attached hydrogens (tertiary/aromatic N) is 5. The van der Waals surface area contributed by atoms with E-state index in [1.54, 1.807) is 62.1 Å². The minimum absolute atomic E-state index is 0.0143. The number of carbonyl (C=O) groups is 1. The molecule has 1 saturated heterocycles. The number of anilines is 2. The monoisotopic (exact) mass is 627 g/mol. The predicted octanol–water partition coefficient (Wildman–Crippen LogP) is 6.75. The van der Waals surface area contributed by atoms with Crippen LogP contribution in [0.3, 0.4) is 0 Å². The van der Waals surface area contributed by atoms with Crippen molar-refractivity contribution in [2.45, 2.75) is 59.1 Å². The van der Waals surface area contributed by atoms with E-state index in [0.29, 0.717) is 24.3 Å². The molecule has 228 valence electrons. The summed E-state index contributed by atoms with van der Waals surface area (Å²) in [5, 5.41) is 0.146. The first-order chi connectivity index (χ1) is 20.2. The van der Waals surface area contributed by atoms with Crippen molar-refractivity contribution in [3.8, 4) is 11.3 Å². The molecule has 0 spiro atoms. The molecule has 0 radical (unpaired) electrons. The van der Waals surface area contributed by atoms with Crippen molar-refractivity contribution in [2.75, 3.05) is 23.9 Å². The van der Waals surface area contributed by atoms with Gasteiger partial charge in [-0.3, -0.25) is 0 Å². The molecular weight excluding hydrogens is 593 g/mol. The zero-order valence-electron chi connectivity index (χ0n) is 25.0. The van der Waals surface area contributed by atoms with Gasteiger partial charge >= 0.3 is 16.3 Å². The summed E-state index contributed by atoms with van der Waals surface area (Å²) in [5.41, 5.74) is 1.18. The van der Waals surface area contributed by atoms with E-state index in [-0.39, 0.29) is 46.4 Å². The van der Waals surface area contributed by atoms with Crippen LogP contribution >= 0.6 is 11.6 Å². The zero-order valence-corrected chi connectivity index (χ0v) is 26.6. The molecule has 0 N–H and O–H groups in total. The van der Waals surface area contributed by atoms with E-state index >= 15 is 0 Å². The van der Waals surface area contributed by atoms with Crippen molar-refractivity contribution < 1.29 is 22.3 Å². The normalized spacial score (nSPS) is 18.4. The van der Waals surface area contributed by atoms with Gasteiger partial charge in [-0.15, -0.1) is 4.40 Å². The van der Waals surface area contributed by atoms with Gasteiger partial charge in [0.2, 0.25) is 0 Å². The van der Waals surface area contributed by atoms with Gasteiger partial charge in [-0.2, -0.15) is 8.42 Å². The van der Waals surface area contributed by atoms with Crippen molar-refractivity contribution in [3.05, 3.63) is 76.6 Å². The van der Waals surface area contributed by atoms with E-state index in [1.165, 1.54) is 6.07 Å². The maximum absolute atomic E-state index is 14.9. The third-order valence-electron chi connectivity index (χ3n) is 7.28. The van der Waals surface area contributed by atoms with Gasteiger partial charge in [0.1, 0.15) is 11.4 Å². The summed E-state index contributed by atoms with van der Waals surface area (Å²) in [5.74, 6) is -0.313. The summed E-state index contributed by atoms with van der Waals surface area (Å²) in [6.07, 6.45) is -0.437. The van der Waals surface area contributed by atoms with Gasteiger partial charge in [-0.05, 0) is 63.4 Å². The Morgan fingerprint density at radius 2 is 1.74 bits per heavy atom. The van der Waals surface area contributed by atoms with Crippen LogP contribution in [0.25, 0.3) is 11.3 Å². The van der Waals surface area contributed by atoms with Crippen molar-refractivity contribution in [3.63, 3.8) is 0 Å². The Hall–Kier alpha value is -3.70. The number of carbonyl (C=O) groups excluding carboxylic acids is 1. The molecule has 0 saturated carbocycles. The van der Waals surface area contributed by atoms with Crippen LogP contribution in [0.15, 0.2) is 59.0 Å². The van der Waals surface area contributed by atoms with E-state index in [4.69, 9.17) is 21.3 Å². The van der Waals surface area contributed by atoms with Gasteiger partial charge in [0.05, 0.1) is 22.0 Å². The molecule has 0 aliphatic carbocycles. The SMILES string of the molecule is CC(C)c1ccccc1N1c2nc(-c3ccccc3F)c(Cl)cc2C(N2CCN(C(=O)OC(C)(C)C)C[C@@H]2C)=NS1(=O)=O. The molecular formula is C31H35ClFN5O4S. The highest BCUT2D eigenvalue weighted by Gasteiger charge is 2.41. The third kappa shape index (κ3) is 6.05. The molecule has 1 amide bonds. The van der Waals surface area contributed by atoms with Crippen LogP contribution in [0.1, 0.15) is 58.6 Å². The van der Waals surface area contributed by atoms with Gasteiger partial charge in [0, 0.05) is 31.2 Å². The second kappa shape index (κ2) is 11.4.